The predicted molar refractivity (Wildman–Crippen MR) is 67.4 cm³/mol. The van der Waals surface area contributed by atoms with Crippen molar-refractivity contribution in [3.8, 4) is 5.75 Å². The normalized spacial score (nSPS) is 13.4. The summed E-state index contributed by atoms with van der Waals surface area (Å²) in [5.41, 5.74) is 1.48. The molecule has 0 bridgehead atoms. The minimum absolute atomic E-state index is 0.00121. The molecule has 0 aliphatic carbocycles. The van der Waals surface area contributed by atoms with Crippen LogP contribution < -0.4 is 10.1 Å². The van der Waals surface area contributed by atoms with Crippen LogP contribution in [0.15, 0.2) is 34.9 Å². The van der Waals surface area contributed by atoms with Crippen molar-refractivity contribution >= 4 is 17.4 Å². The van der Waals surface area contributed by atoms with Crippen molar-refractivity contribution in [2.75, 3.05) is 11.9 Å². The number of carbonyl (C=O) groups excluding carboxylic acids is 2. The van der Waals surface area contributed by atoms with Gasteiger partial charge in [0.15, 0.2) is 12.4 Å². The number of benzene rings is 1. The number of rotatable bonds is 2. The summed E-state index contributed by atoms with van der Waals surface area (Å²) in [6.07, 6.45) is 1.42. The largest absolute Gasteiger partial charge is 0.482 e. The quantitative estimate of drug-likeness (QED) is 0.837. The van der Waals surface area contributed by atoms with Crippen LogP contribution in [0, 0.1) is 6.92 Å². The predicted octanol–water partition coefficient (Wildman–Crippen LogP) is 2.15. The number of hydrogen-bond donors (Lipinski definition) is 1. The van der Waals surface area contributed by atoms with Crippen LogP contribution >= 0.6 is 0 Å². The van der Waals surface area contributed by atoms with Gasteiger partial charge in [-0.2, -0.15) is 0 Å². The van der Waals surface area contributed by atoms with Crippen molar-refractivity contribution in [1.82, 2.24) is 0 Å². The Morgan fingerprint density at radius 3 is 2.84 bits per heavy atom. The molecule has 1 aliphatic heterocycles. The van der Waals surface area contributed by atoms with Crippen LogP contribution in [-0.4, -0.2) is 18.3 Å². The molecular weight excluding hydrogens is 246 g/mol. The molecule has 96 valence electrons. The molecule has 19 heavy (non-hydrogen) atoms. The van der Waals surface area contributed by atoms with Gasteiger partial charge in [0.05, 0.1) is 11.3 Å². The minimum Gasteiger partial charge on any atom is -0.482 e. The van der Waals surface area contributed by atoms with Gasteiger partial charge in [-0.3, -0.25) is 9.59 Å². The van der Waals surface area contributed by atoms with Crippen LogP contribution in [0.2, 0.25) is 0 Å². The van der Waals surface area contributed by atoms with E-state index in [1.54, 1.807) is 31.2 Å². The Bertz CT molecular complexity index is 672. The maximum Gasteiger partial charge on any atom is 0.262 e. The van der Waals surface area contributed by atoms with Gasteiger partial charge < -0.3 is 14.5 Å². The van der Waals surface area contributed by atoms with Gasteiger partial charge in [-0.15, -0.1) is 0 Å². The molecule has 5 nitrogen and oxygen atoms in total. The summed E-state index contributed by atoms with van der Waals surface area (Å²) < 4.78 is 10.4. The highest BCUT2D eigenvalue weighted by atomic mass is 16.5. The lowest BCUT2D eigenvalue weighted by atomic mass is 10.0. The average molecular weight is 257 g/mol. The molecule has 0 radical (unpaired) electrons. The van der Waals surface area contributed by atoms with Crippen molar-refractivity contribution in [2.24, 2.45) is 0 Å². The Balaban J connectivity index is 1.96. The van der Waals surface area contributed by atoms with E-state index in [4.69, 9.17) is 9.15 Å². The third-order valence-corrected chi connectivity index (χ3v) is 2.87. The fourth-order valence-electron chi connectivity index (χ4n) is 1.95. The minimum atomic E-state index is -0.226. The molecule has 0 unspecified atom stereocenters. The van der Waals surface area contributed by atoms with Crippen molar-refractivity contribution in [3.05, 3.63) is 47.4 Å². The molecular formula is C14H11NO4. The number of hydrogen-bond acceptors (Lipinski definition) is 4. The summed E-state index contributed by atoms with van der Waals surface area (Å²) in [7, 11) is 0. The number of ether oxygens (including phenoxy) is 1. The van der Waals surface area contributed by atoms with Gasteiger partial charge in [-0.1, -0.05) is 0 Å². The van der Waals surface area contributed by atoms with Gasteiger partial charge in [-0.05, 0) is 31.2 Å². The van der Waals surface area contributed by atoms with Crippen LogP contribution in [0.5, 0.6) is 5.75 Å². The van der Waals surface area contributed by atoms with Crippen LogP contribution in [0.1, 0.15) is 21.7 Å². The number of fused-ring (bicyclic) bond motifs is 1. The van der Waals surface area contributed by atoms with E-state index in [1.807, 2.05) is 0 Å². The van der Waals surface area contributed by atoms with Crippen LogP contribution in [0.3, 0.4) is 0 Å². The van der Waals surface area contributed by atoms with E-state index < -0.39 is 0 Å². The summed E-state index contributed by atoms with van der Waals surface area (Å²) >= 11 is 0. The van der Waals surface area contributed by atoms with E-state index in [-0.39, 0.29) is 18.3 Å². The maximum absolute atomic E-state index is 12.2. The van der Waals surface area contributed by atoms with E-state index in [9.17, 15) is 9.59 Å². The molecule has 0 spiro atoms. The standard InChI is InChI=1S/C14H11NO4/c1-8-4-10(6-18-8)14(17)9-2-3-12-11(5-9)15-13(16)7-19-12/h2-6H,7H2,1H3,(H,15,16). The summed E-state index contributed by atoms with van der Waals surface area (Å²) in [6.45, 7) is 1.78. The molecule has 0 saturated carbocycles. The Morgan fingerprint density at radius 1 is 1.26 bits per heavy atom. The van der Waals surface area contributed by atoms with Crippen LogP contribution in [0.25, 0.3) is 0 Å². The lowest BCUT2D eigenvalue weighted by Gasteiger charge is -2.18. The van der Waals surface area contributed by atoms with E-state index in [1.165, 1.54) is 6.26 Å². The molecule has 1 N–H and O–H groups in total. The second-order valence-electron chi connectivity index (χ2n) is 4.32. The summed E-state index contributed by atoms with van der Waals surface area (Å²) in [5.74, 6) is 0.869. The highest BCUT2D eigenvalue weighted by molar-refractivity contribution is 6.10. The molecule has 5 heteroatoms. The number of furan rings is 1. The van der Waals surface area contributed by atoms with Crippen molar-refractivity contribution in [3.63, 3.8) is 0 Å². The molecule has 0 fully saturated rings. The molecule has 3 rings (SSSR count). The zero-order chi connectivity index (χ0) is 13.4. The third-order valence-electron chi connectivity index (χ3n) is 2.87. The first kappa shape index (κ1) is 11.5. The molecule has 1 aromatic carbocycles. The summed E-state index contributed by atoms with van der Waals surface area (Å²) in [5, 5.41) is 2.67. The molecule has 1 aliphatic rings. The lowest BCUT2D eigenvalue weighted by Crippen LogP contribution is -2.25. The molecule has 1 aromatic heterocycles. The lowest BCUT2D eigenvalue weighted by molar-refractivity contribution is -0.118. The second-order valence-corrected chi connectivity index (χ2v) is 4.32. The van der Waals surface area contributed by atoms with Gasteiger partial charge in [0, 0.05) is 5.56 Å². The van der Waals surface area contributed by atoms with Crippen LogP contribution in [-0.2, 0) is 4.79 Å². The molecule has 2 heterocycles. The van der Waals surface area contributed by atoms with E-state index >= 15 is 0 Å². The Kier molecular flexibility index (Phi) is 2.59. The Labute approximate surface area is 109 Å². The first-order valence-corrected chi connectivity index (χ1v) is 5.80. The number of carbonyl (C=O) groups is 2. The number of nitrogens with one attached hydrogen (secondary N) is 1. The summed E-state index contributed by atoms with van der Waals surface area (Å²) in [4.78, 5) is 23.5. The maximum atomic E-state index is 12.2. The van der Waals surface area contributed by atoms with E-state index in [2.05, 4.69) is 5.32 Å². The first-order chi connectivity index (χ1) is 9.13. The SMILES string of the molecule is Cc1cc(C(=O)c2ccc3c(c2)NC(=O)CO3)co1. The highest BCUT2D eigenvalue weighted by Gasteiger charge is 2.19. The zero-order valence-corrected chi connectivity index (χ0v) is 10.2. The fraction of sp³-hybridized carbons (Fsp3) is 0.143. The van der Waals surface area contributed by atoms with Gasteiger partial charge in [-0.25, -0.2) is 0 Å². The Morgan fingerprint density at radius 2 is 2.11 bits per heavy atom. The van der Waals surface area contributed by atoms with Gasteiger partial charge in [0.2, 0.25) is 0 Å². The van der Waals surface area contributed by atoms with Crippen molar-refractivity contribution < 1.29 is 18.7 Å². The highest BCUT2D eigenvalue weighted by Crippen LogP contribution is 2.29. The topological polar surface area (TPSA) is 68.5 Å². The van der Waals surface area contributed by atoms with Crippen LogP contribution in [0.4, 0.5) is 5.69 Å². The number of amides is 1. The Hall–Kier alpha value is -2.56. The molecule has 0 saturated heterocycles. The third kappa shape index (κ3) is 2.10. The smallest absolute Gasteiger partial charge is 0.262 e. The van der Waals surface area contributed by atoms with Gasteiger partial charge >= 0.3 is 0 Å². The molecule has 2 aromatic rings. The monoisotopic (exact) mass is 257 g/mol. The van der Waals surface area contributed by atoms with Gasteiger partial charge in [0.25, 0.3) is 5.91 Å². The number of aryl methyl sites for hydroxylation is 1. The molecule has 0 atom stereocenters. The zero-order valence-electron chi connectivity index (χ0n) is 10.2. The van der Waals surface area contributed by atoms with Crippen molar-refractivity contribution in [2.45, 2.75) is 6.92 Å². The van der Waals surface area contributed by atoms with E-state index in [0.717, 1.165) is 0 Å². The number of anilines is 1. The first-order valence-electron chi connectivity index (χ1n) is 5.80. The summed E-state index contributed by atoms with van der Waals surface area (Å²) in [6, 6.07) is 6.63. The fourth-order valence-corrected chi connectivity index (χ4v) is 1.95. The molecule has 1 amide bonds. The van der Waals surface area contributed by atoms with E-state index in [0.29, 0.717) is 28.3 Å². The number of ketones is 1. The second kappa shape index (κ2) is 4.28. The van der Waals surface area contributed by atoms with Crippen molar-refractivity contribution in [1.29, 1.82) is 0 Å². The van der Waals surface area contributed by atoms with Gasteiger partial charge in [0.1, 0.15) is 17.8 Å². The average Bonchev–Trinajstić information content (AvgIpc) is 2.83.